The van der Waals surface area contributed by atoms with Gasteiger partial charge in [0.1, 0.15) is 12.2 Å². The van der Waals surface area contributed by atoms with Crippen molar-refractivity contribution < 1.29 is 72.8 Å². The van der Waals surface area contributed by atoms with Crippen molar-refractivity contribution in [1.29, 1.82) is 0 Å². The number of ether oxygens (including phenoxy) is 5. The van der Waals surface area contributed by atoms with Crippen LogP contribution in [0.25, 0.3) is 0 Å². The predicted octanol–water partition coefficient (Wildman–Crippen LogP) is 7.16. The van der Waals surface area contributed by atoms with Crippen LogP contribution in [0, 0.1) is 52.8 Å². The van der Waals surface area contributed by atoms with Gasteiger partial charge in [0.15, 0.2) is 11.7 Å². The van der Waals surface area contributed by atoms with E-state index in [1.807, 2.05) is 0 Å². The number of hydrogen-bond donors (Lipinski definition) is 0. The first-order valence-electron chi connectivity index (χ1n) is 16.7. The summed E-state index contributed by atoms with van der Waals surface area (Å²) in [6.07, 6.45) is -23.1. The molecule has 6 rings (SSSR count). The van der Waals surface area contributed by atoms with E-state index < -0.39 is 103 Å². The van der Waals surface area contributed by atoms with E-state index in [2.05, 4.69) is 4.74 Å². The van der Waals surface area contributed by atoms with Crippen LogP contribution in [0.4, 0.5) is 39.5 Å². The number of fused-ring (bicyclic) bond motifs is 6. The van der Waals surface area contributed by atoms with Crippen LogP contribution >= 0.6 is 0 Å². The minimum absolute atomic E-state index is 0.0651. The standard InChI is InChI=1S/C32H41F9O7/c1-5-44-14(3)48-29(31(36,37)38,32(39,40)41)11-17-7-15-8-19(17)24-18(15)6-13(2)22(45-24)12-28(4,30(33,34)35)27(43)47-23-16-9-20-21(10-16)26(42)46-25(20)23/h13-25H,5-12H2,1-4H3. The van der Waals surface area contributed by atoms with Gasteiger partial charge in [-0.3, -0.25) is 9.59 Å². The summed E-state index contributed by atoms with van der Waals surface area (Å²) < 4.78 is 157. The Balaban J connectivity index is 1.19. The highest BCUT2D eigenvalue weighted by Crippen LogP contribution is 2.62. The monoisotopic (exact) mass is 708 g/mol. The van der Waals surface area contributed by atoms with Crippen molar-refractivity contribution in [2.75, 3.05) is 6.61 Å². The Morgan fingerprint density at radius 3 is 2.10 bits per heavy atom. The van der Waals surface area contributed by atoms with Crippen LogP contribution in [0.3, 0.4) is 0 Å². The van der Waals surface area contributed by atoms with Crippen LogP contribution in [-0.4, -0.2) is 73.4 Å². The molecule has 2 saturated heterocycles. The highest BCUT2D eigenvalue weighted by atomic mass is 19.4. The zero-order valence-electron chi connectivity index (χ0n) is 26.9. The summed E-state index contributed by atoms with van der Waals surface area (Å²) in [6.45, 7) is 4.56. The number of rotatable bonds is 10. The van der Waals surface area contributed by atoms with E-state index >= 15 is 0 Å². The number of hydrogen-bond acceptors (Lipinski definition) is 7. The zero-order chi connectivity index (χ0) is 35.4. The third-order valence-electron chi connectivity index (χ3n) is 12.4. The lowest BCUT2D eigenvalue weighted by atomic mass is 9.69. The minimum atomic E-state index is -5.84. The fraction of sp³-hybridized carbons (Fsp3) is 0.938. The fourth-order valence-corrected chi connectivity index (χ4v) is 10.00. The lowest BCUT2D eigenvalue weighted by molar-refractivity contribution is -0.412. The summed E-state index contributed by atoms with van der Waals surface area (Å²) in [4.78, 5) is 25.5. The Morgan fingerprint density at radius 2 is 1.50 bits per heavy atom. The average Bonchev–Trinajstić information content (AvgIpc) is 3.74. The van der Waals surface area contributed by atoms with Gasteiger partial charge in [-0.15, -0.1) is 0 Å². The van der Waals surface area contributed by atoms with Gasteiger partial charge in [-0.25, -0.2) is 0 Å². The molecule has 48 heavy (non-hydrogen) atoms. The number of halogens is 9. The Labute approximate surface area is 271 Å². The molecular weight excluding hydrogens is 667 g/mol. The van der Waals surface area contributed by atoms with Gasteiger partial charge >= 0.3 is 30.5 Å². The molecule has 14 atom stereocenters. The second-order valence-electron chi connectivity index (χ2n) is 15.1. The maximum atomic E-state index is 14.7. The first-order chi connectivity index (χ1) is 22.1. The summed E-state index contributed by atoms with van der Waals surface area (Å²) in [5.41, 5.74) is -7.56. The van der Waals surface area contributed by atoms with Crippen molar-refractivity contribution >= 4 is 11.9 Å². The van der Waals surface area contributed by atoms with Gasteiger partial charge < -0.3 is 23.7 Å². The lowest BCUT2D eigenvalue weighted by Crippen LogP contribution is -2.61. The zero-order valence-corrected chi connectivity index (χ0v) is 26.9. The van der Waals surface area contributed by atoms with Gasteiger partial charge in [-0.2, -0.15) is 39.5 Å². The van der Waals surface area contributed by atoms with E-state index in [0.717, 1.165) is 13.8 Å². The quantitative estimate of drug-likeness (QED) is 0.136. The molecule has 14 unspecified atom stereocenters. The normalized spacial score (nSPS) is 40.9. The molecule has 0 spiro atoms. The molecule has 4 bridgehead atoms. The van der Waals surface area contributed by atoms with Crippen molar-refractivity contribution in [3.63, 3.8) is 0 Å². The van der Waals surface area contributed by atoms with Crippen LogP contribution in [0.2, 0.25) is 0 Å². The smallest absolute Gasteiger partial charge is 0.426 e. The maximum absolute atomic E-state index is 14.7. The molecule has 4 saturated carbocycles. The highest BCUT2D eigenvalue weighted by molar-refractivity contribution is 5.79. The van der Waals surface area contributed by atoms with Crippen LogP contribution in [0.15, 0.2) is 0 Å². The first kappa shape index (κ1) is 36.0. The summed E-state index contributed by atoms with van der Waals surface area (Å²) in [5, 5.41) is 0. The second-order valence-corrected chi connectivity index (χ2v) is 15.1. The molecule has 274 valence electrons. The van der Waals surface area contributed by atoms with Crippen LogP contribution in [0.1, 0.15) is 72.6 Å². The molecular formula is C32H41F9O7. The molecule has 2 heterocycles. The second kappa shape index (κ2) is 11.9. The van der Waals surface area contributed by atoms with Crippen molar-refractivity contribution in [2.24, 2.45) is 52.8 Å². The molecule has 6 fully saturated rings. The van der Waals surface area contributed by atoms with E-state index in [1.54, 1.807) is 6.92 Å². The Hall–Kier alpha value is -1.81. The van der Waals surface area contributed by atoms with Crippen LogP contribution in [-0.2, 0) is 33.3 Å². The predicted molar refractivity (Wildman–Crippen MR) is 146 cm³/mol. The van der Waals surface area contributed by atoms with Gasteiger partial charge in [0, 0.05) is 18.4 Å². The summed E-state index contributed by atoms with van der Waals surface area (Å²) in [5.74, 6) is -5.75. The van der Waals surface area contributed by atoms with E-state index in [0.29, 0.717) is 19.3 Å². The summed E-state index contributed by atoms with van der Waals surface area (Å²) in [6, 6.07) is 0. The Bertz CT molecular complexity index is 1240. The third-order valence-corrected chi connectivity index (χ3v) is 12.4. The Morgan fingerprint density at radius 1 is 0.854 bits per heavy atom. The van der Waals surface area contributed by atoms with Gasteiger partial charge in [0.2, 0.25) is 0 Å². The van der Waals surface area contributed by atoms with Crippen molar-refractivity contribution in [3.05, 3.63) is 0 Å². The average molecular weight is 709 g/mol. The Kier molecular flexibility index (Phi) is 8.91. The molecule has 0 amide bonds. The largest absolute Gasteiger partial charge is 0.458 e. The topological polar surface area (TPSA) is 80.3 Å². The molecule has 6 aliphatic rings. The van der Waals surface area contributed by atoms with Gasteiger partial charge in [0.25, 0.3) is 5.60 Å². The molecule has 4 aliphatic carbocycles. The number of alkyl halides is 9. The van der Waals surface area contributed by atoms with Gasteiger partial charge in [0.05, 0.1) is 18.1 Å². The SMILES string of the molecule is CCOC(C)OC(CC1CC2CC1C1OC(CC(C)(C(=O)OC3C4CC5C(=O)OC3C5C4)C(F)(F)F)C(C)CC21)(C(F)(F)F)C(F)(F)F. The minimum Gasteiger partial charge on any atom is -0.458 e. The van der Waals surface area contributed by atoms with Gasteiger partial charge in [-0.1, -0.05) is 6.92 Å². The molecule has 2 aliphatic heterocycles. The summed E-state index contributed by atoms with van der Waals surface area (Å²) >= 11 is 0. The molecule has 0 aromatic carbocycles. The lowest BCUT2D eigenvalue weighted by Gasteiger charge is -2.48. The van der Waals surface area contributed by atoms with Crippen LogP contribution in [0.5, 0.6) is 0 Å². The molecule has 0 aromatic heterocycles. The van der Waals surface area contributed by atoms with E-state index in [9.17, 15) is 49.1 Å². The molecule has 0 aromatic rings. The summed E-state index contributed by atoms with van der Waals surface area (Å²) in [7, 11) is 0. The van der Waals surface area contributed by atoms with Crippen LogP contribution < -0.4 is 0 Å². The molecule has 7 nitrogen and oxygen atoms in total. The highest BCUT2D eigenvalue weighted by Gasteiger charge is 2.75. The molecule has 0 radical (unpaired) electrons. The first-order valence-corrected chi connectivity index (χ1v) is 16.7. The number of esters is 2. The fourth-order valence-electron chi connectivity index (χ4n) is 10.00. The van der Waals surface area contributed by atoms with Gasteiger partial charge in [-0.05, 0) is 95.3 Å². The molecule has 16 heteroatoms. The van der Waals surface area contributed by atoms with Crippen molar-refractivity contribution in [2.45, 2.75) is 127 Å². The molecule has 0 N–H and O–H groups in total. The maximum Gasteiger partial charge on any atom is 0.426 e. The van der Waals surface area contributed by atoms with Crippen molar-refractivity contribution in [3.8, 4) is 0 Å². The van der Waals surface area contributed by atoms with E-state index in [1.165, 1.54) is 6.92 Å². The number of carbonyl (C=O) groups excluding carboxylic acids is 2. The van der Waals surface area contributed by atoms with E-state index in [4.69, 9.17) is 18.9 Å². The van der Waals surface area contributed by atoms with E-state index in [-0.39, 0.29) is 49.0 Å². The number of carbonyl (C=O) groups is 2. The third kappa shape index (κ3) is 5.61. The van der Waals surface area contributed by atoms with Crippen molar-refractivity contribution in [1.82, 2.24) is 0 Å².